The van der Waals surface area contributed by atoms with Crippen LogP contribution in [0.4, 0.5) is 0 Å². The molecule has 2 rings (SSSR count). The van der Waals surface area contributed by atoms with Gasteiger partial charge in [0.05, 0.1) is 6.54 Å². The molecule has 0 radical (unpaired) electrons. The first kappa shape index (κ1) is 15.5. The molecule has 2 atom stereocenters. The van der Waals surface area contributed by atoms with E-state index in [0.29, 0.717) is 6.54 Å². The smallest absolute Gasteiger partial charge is 0.243 e. The van der Waals surface area contributed by atoms with Gasteiger partial charge in [0, 0.05) is 6.54 Å². The van der Waals surface area contributed by atoms with E-state index < -0.39 is 0 Å². The van der Waals surface area contributed by atoms with E-state index in [-0.39, 0.29) is 30.3 Å². The predicted molar refractivity (Wildman–Crippen MR) is 82.7 cm³/mol. The molecule has 0 bridgehead atoms. The highest BCUT2D eigenvalue weighted by Gasteiger charge is 2.37. The Labute approximate surface area is 126 Å². The van der Waals surface area contributed by atoms with Gasteiger partial charge in [0.2, 0.25) is 11.8 Å². The minimum absolute atomic E-state index is 0.00173. The van der Waals surface area contributed by atoms with E-state index in [4.69, 9.17) is 0 Å². The van der Waals surface area contributed by atoms with Crippen LogP contribution in [-0.2, 0) is 16.1 Å². The number of nitrogens with one attached hydrogen (secondary N) is 1. The molecule has 1 fully saturated rings. The summed E-state index contributed by atoms with van der Waals surface area (Å²) in [6, 6.07) is 5.84. The molecule has 0 spiro atoms. The van der Waals surface area contributed by atoms with Gasteiger partial charge < -0.3 is 10.2 Å². The molecular formula is C17H24N2O2. The van der Waals surface area contributed by atoms with Gasteiger partial charge in [0.15, 0.2) is 0 Å². The van der Waals surface area contributed by atoms with Crippen LogP contribution in [0, 0.1) is 19.8 Å². The molecule has 4 heteroatoms. The summed E-state index contributed by atoms with van der Waals surface area (Å²) in [6.07, 6.45) is 0.870. The van der Waals surface area contributed by atoms with Crippen LogP contribution >= 0.6 is 0 Å². The van der Waals surface area contributed by atoms with Crippen LogP contribution < -0.4 is 5.32 Å². The lowest BCUT2D eigenvalue weighted by molar-refractivity contribution is -0.148. The number of aryl methyl sites for hydroxylation is 2. The van der Waals surface area contributed by atoms with Crippen molar-refractivity contribution in [2.45, 2.75) is 46.7 Å². The van der Waals surface area contributed by atoms with Crippen molar-refractivity contribution in [1.82, 2.24) is 10.2 Å². The maximum absolute atomic E-state index is 12.2. The van der Waals surface area contributed by atoms with Gasteiger partial charge in [-0.1, -0.05) is 38.5 Å². The van der Waals surface area contributed by atoms with E-state index in [0.717, 1.165) is 12.0 Å². The Morgan fingerprint density at radius 3 is 2.62 bits per heavy atom. The highest BCUT2D eigenvalue weighted by Crippen LogP contribution is 2.21. The Morgan fingerprint density at radius 1 is 1.29 bits per heavy atom. The second kappa shape index (κ2) is 6.29. The maximum Gasteiger partial charge on any atom is 0.243 e. The molecule has 1 aliphatic rings. The molecule has 1 aromatic rings. The van der Waals surface area contributed by atoms with E-state index in [1.165, 1.54) is 11.1 Å². The fourth-order valence-corrected chi connectivity index (χ4v) is 2.74. The number of carbonyl (C=O) groups is 2. The highest BCUT2D eigenvalue weighted by atomic mass is 16.2. The van der Waals surface area contributed by atoms with Crippen molar-refractivity contribution in [1.29, 1.82) is 0 Å². The van der Waals surface area contributed by atoms with Crippen molar-refractivity contribution in [3.05, 3.63) is 34.9 Å². The Kier molecular flexibility index (Phi) is 4.66. The van der Waals surface area contributed by atoms with Crippen molar-refractivity contribution in [3.63, 3.8) is 0 Å². The maximum atomic E-state index is 12.2. The minimum Gasteiger partial charge on any atom is -0.345 e. The van der Waals surface area contributed by atoms with Gasteiger partial charge in [-0.05, 0) is 36.5 Å². The van der Waals surface area contributed by atoms with Crippen molar-refractivity contribution in [2.24, 2.45) is 5.92 Å². The van der Waals surface area contributed by atoms with E-state index in [9.17, 15) is 9.59 Å². The third-order valence-electron chi connectivity index (χ3n) is 4.45. The van der Waals surface area contributed by atoms with Crippen molar-refractivity contribution < 1.29 is 9.59 Å². The second-order valence-electron chi connectivity index (χ2n) is 5.99. The molecule has 2 unspecified atom stereocenters. The number of carbonyl (C=O) groups excluding carboxylic acids is 2. The standard InChI is InChI=1S/C17H24N2O2/c1-5-11(2)16-17(21)18-9-15(20)19(16)10-14-7-6-12(3)13(4)8-14/h6-8,11,16H,5,9-10H2,1-4H3,(H,18,21). The molecule has 1 saturated heterocycles. The first-order valence-corrected chi connectivity index (χ1v) is 7.57. The Bertz CT molecular complexity index is 554. The number of hydrogen-bond acceptors (Lipinski definition) is 2. The first-order chi connectivity index (χ1) is 9.93. The number of amides is 2. The molecule has 114 valence electrons. The summed E-state index contributed by atoms with van der Waals surface area (Å²) in [4.78, 5) is 26.1. The molecule has 0 saturated carbocycles. The molecule has 21 heavy (non-hydrogen) atoms. The zero-order valence-electron chi connectivity index (χ0n) is 13.3. The molecule has 4 nitrogen and oxygen atoms in total. The van der Waals surface area contributed by atoms with Gasteiger partial charge in [-0.25, -0.2) is 0 Å². The third-order valence-corrected chi connectivity index (χ3v) is 4.45. The van der Waals surface area contributed by atoms with Gasteiger partial charge in [0.25, 0.3) is 0 Å². The van der Waals surface area contributed by atoms with Crippen LogP contribution in [0.2, 0.25) is 0 Å². The number of nitrogens with zero attached hydrogens (tertiary/aromatic N) is 1. The van der Waals surface area contributed by atoms with E-state index in [2.05, 4.69) is 31.3 Å². The second-order valence-corrected chi connectivity index (χ2v) is 5.99. The van der Waals surface area contributed by atoms with Crippen LogP contribution in [0.1, 0.15) is 37.0 Å². The van der Waals surface area contributed by atoms with E-state index in [1.807, 2.05) is 19.9 Å². The number of piperazine rings is 1. The van der Waals surface area contributed by atoms with Gasteiger partial charge in [-0.2, -0.15) is 0 Å². The zero-order valence-corrected chi connectivity index (χ0v) is 13.3. The van der Waals surface area contributed by atoms with Crippen LogP contribution in [0.3, 0.4) is 0 Å². The van der Waals surface area contributed by atoms with Gasteiger partial charge in [-0.3, -0.25) is 9.59 Å². The SMILES string of the molecule is CCC(C)C1C(=O)NCC(=O)N1Cc1ccc(C)c(C)c1. The highest BCUT2D eigenvalue weighted by molar-refractivity contribution is 5.95. The molecule has 1 aliphatic heterocycles. The first-order valence-electron chi connectivity index (χ1n) is 7.57. The Hall–Kier alpha value is -1.84. The number of rotatable bonds is 4. The predicted octanol–water partition coefficient (Wildman–Crippen LogP) is 2.18. The van der Waals surface area contributed by atoms with Gasteiger partial charge >= 0.3 is 0 Å². The lowest BCUT2D eigenvalue weighted by Gasteiger charge is -2.38. The summed E-state index contributed by atoms with van der Waals surface area (Å²) in [6.45, 7) is 8.82. The Morgan fingerprint density at radius 2 is 2.00 bits per heavy atom. The topological polar surface area (TPSA) is 49.4 Å². The van der Waals surface area contributed by atoms with Crippen LogP contribution in [0.25, 0.3) is 0 Å². The van der Waals surface area contributed by atoms with Crippen LogP contribution in [0.15, 0.2) is 18.2 Å². The lowest BCUT2D eigenvalue weighted by atomic mass is 9.94. The zero-order chi connectivity index (χ0) is 15.6. The third kappa shape index (κ3) is 3.26. The quantitative estimate of drug-likeness (QED) is 0.923. The van der Waals surface area contributed by atoms with Crippen molar-refractivity contribution in [3.8, 4) is 0 Å². The number of hydrogen-bond donors (Lipinski definition) is 1. The molecule has 0 aromatic heterocycles. The summed E-state index contributed by atoms with van der Waals surface area (Å²) < 4.78 is 0. The Balaban J connectivity index is 2.26. The van der Waals surface area contributed by atoms with E-state index in [1.54, 1.807) is 4.90 Å². The summed E-state index contributed by atoms with van der Waals surface area (Å²) in [5.41, 5.74) is 3.52. The van der Waals surface area contributed by atoms with Crippen LogP contribution in [-0.4, -0.2) is 29.3 Å². The molecule has 2 amide bonds. The monoisotopic (exact) mass is 288 g/mol. The summed E-state index contributed by atoms with van der Waals surface area (Å²) in [5.74, 6) is 0.117. The fraction of sp³-hybridized carbons (Fsp3) is 0.529. The number of benzene rings is 1. The molecule has 1 N–H and O–H groups in total. The van der Waals surface area contributed by atoms with E-state index >= 15 is 0 Å². The normalized spacial score (nSPS) is 20.4. The van der Waals surface area contributed by atoms with Gasteiger partial charge in [0.1, 0.15) is 6.04 Å². The van der Waals surface area contributed by atoms with Crippen molar-refractivity contribution >= 4 is 11.8 Å². The van der Waals surface area contributed by atoms with Crippen LogP contribution in [0.5, 0.6) is 0 Å². The molecular weight excluding hydrogens is 264 g/mol. The lowest BCUT2D eigenvalue weighted by Crippen LogP contribution is -2.60. The van der Waals surface area contributed by atoms with Gasteiger partial charge in [-0.15, -0.1) is 0 Å². The fourth-order valence-electron chi connectivity index (χ4n) is 2.74. The average Bonchev–Trinajstić information content (AvgIpc) is 2.46. The molecule has 0 aliphatic carbocycles. The summed E-state index contributed by atoms with van der Waals surface area (Å²) in [5, 5.41) is 2.70. The summed E-state index contributed by atoms with van der Waals surface area (Å²) >= 11 is 0. The molecule has 1 aromatic carbocycles. The minimum atomic E-state index is -0.363. The largest absolute Gasteiger partial charge is 0.345 e. The summed E-state index contributed by atoms with van der Waals surface area (Å²) in [7, 11) is 0. The van der Waals surface area contributed by atoms with Crippen molar-refractivity contribution in [2.75, 3.05) is 6.54 Å². The average molecular weight is 288 g/mol. The molecule has 1 heterocycles.